The average molecular weight is 375 g/mol. The Bertz CT molecular complexity index is 437. The van der Waals surface area contributed by atoms with Crippen LogP contribution in [0.4, 0.5) is 4.79 Å². The smallest absolute Gasteiger partial charge is 0.408 e. The maximum atomic E-state index is 11.6. The minimum atomic E-state index is -0.574. The Labute approximate surface area is 127 Å². The van der Waals surface area contributed by atoms with Crippen LogP contribution in [0, 0.1) is 3.57 Å². The molecule has 0 aliphatic heterocycles. The van der Waals surface area contributed by atoms with Gasteiger partial charge in [-0.05, 0) is 67.5 Å². The monoisotopic (exact) mass is 375 g/mol. The highest BCUT2D eigenvalue weighted by molar-refractivity contribution is 14.1. The maximum absolute atomic E-state index is 11.6. The van der Waals surface area contributed by atoms with E-state index in [-0.39, 0.29) is 0 Å². The molecular formula is C14H18INO3. The molecule has 1 rings (SSSR count). The van der Waals surface area contributed by atoms with Crippen molar-refractivity contribution in [2.75, 3.05) is 0 Å². The van der Waals surface area contributed by atoms with Gasteiger partial charge in [-0.1, -0.05) is 12.1 Å². The van der Waals surface area contributed by atoms with E-state index in [4.69, 9.17) is 4.74 Å². The van der Waals surface area contributed by atoms with Crippen molar-refractivity contribution < 1.29 is 14.3 Å². The molecule has 1 atom stereocenters. The standard InChI is InChI=1S/C14H18INO3/c1-14(2,3)19-13(18)16-12(9-17)8-10-4-6-11(15)7-5-10/h4-7,9,12H,8H2,1-3H3,(H,16,18)/t12-/m0/s1. The summed E-state index contributed by atoms with van der Waals surface area (Å²) < 4.78 is 6.25. The molecule has 1 amide bonds. The fraction of sp³-hybridized carbons (Fsp3) is 0.429. The summed E-state index contributed by atoms with van der Waals surface area (Å²) in [5.41, 5.74) is 0.425. The molecule has 1 N–H and O–H groups in total. The number of ether oxygens (including phenoxy) is 1. The summed E-state index contributed by atoms with van der Waals surface area (Å²) in [6, 6.07) is 7.23. The molecule has 0 aromatic heterocycles. The van der Waals surface area contributed by atoms with Crippen LogP contribution in [0.2, 0.25) is 0 Å². The molecule has 0 spiro atoms. The number of hydrogen-bond acceptors (Lipinski definition) is 3. The summed E-state index contributed by atoms with van der Waals surface area (Å²) in [6.45, 7) is 5.34. The Morgan fingerprint density at radius 3 is 2.42 bits per heavy atom. The molecule has 4 nitrogen and oxygen atoms in total. The van der Waals surface area contributed by atoms with Crippen LogP contribution in [-0.4, -0.2) is 24.0 Å². The van der Waals surface area contributed by atoms with E-state index in [0.717, 1.165) is 15.4 Å². The highest BCUT2D eigenvalue weighted by Crippen LogP contribution is 2.10. The van der Waals surface area contributed by atoms with Gasteiger partial charge < -0.3 is 14.8 Å². The Balaban J connectivity index is 2.57. The SMILES string of the molecule is CC(C)(C)OC(=O)N[C@H](C=O)Cc1ccc(I)cc1. The van der Waals surface area contributed by atoms with Gasteiger partial charge in [-0.25, -0.2) is 4.79 Å². The zero-order chi connectivity index (χ0) is 14.5. The van der Waals surface area contributed by atoms with Crippen molar-refractivity contribution in [2.45, 2.75) is 38.8 Å². The van der Waals surface area contributed by atoms with Crippen molar-refractivity contribution in [3.8, 4) is 0 Å². The number of halogens is 1. The molecule has 0 aliphatic rings. The second kappa shape index (κ2) is 6.88. The second-order valence-electron chi connectivity index (χ2n) is 5.22. The van der Waals surface area contributed by atoms with Crippen LogP contribution in [0.25, 0.3) is 0 Å². The molecule has 0 aliphatic carbocycles. The van der Waals surface area contributed by atoms with E-state index < -0.39 is 17.7 Å². The van der Waals surface area contributed by atoms with Crippen molar-refractivity contribution in [3.63, 3.8) is 0 Å². The van der Waals surface area contributed by atoms with Gasteiger partial charge in [-0.3, -0.25) is 0 Å². The number of carbonyl (C=O) groups excluding carboxylic acids is 2. The number of rotatable bonds is 4. The van der Waals surface area contributed by atoms with E-state index in [9.17, 15) is 9.59 Å². The van der Waals surface area contributed by atoms with Gasteiger partial charge in [0.2, 0.25) is 0 Å². The number of alkyl carbamates (subject to hydrolysis) is 1. The molecule has 0 saturated carbocycles. The Kier molecular flexibility index (Phi) is 5.78. The predicted octanol–water partition coefficient (Wildman–Crippen LogP) is 2.93. The number of aldehydes is 1. The zero-order valence-electron chi connectivity index (χ0n) is 11.3. The van der Waals surface area contributed by atoms with E-state index in [1.807, 2.05) is 24.3 Å². The molecule has 1 aromatic carbocycles. The van der Waals surface area contributed by atoms with Crippen LogP contribution in [0.3, 0.4) is 0 Å². The highest BCUT2D eigenvalue weighted by atomic mass is 127. The third-order valence-corrected chi connectivity index (χ3v) is 2.95. The van der Waals surface area contributed by atoms with Crippen LogP contribution in [0.15, 0.2) is 24.3 Å². The normalized spacial score (nSPS) is 12.6. The fourth-order valence-corrected chi connectivity index (χ4v) is 1.83. The molecule has 1 aromatic rings. The largest absolute Gasteiger partial charge is 0.444 e. The van der Waals surface area contributed by atoms with Crippen LogP contribution in [-0.2, 0) is 16.0 Å². The summed E-state index contributed by atoms with van der Waals surface area (Å²) in [7, 11) is 0. The van der Waals surface area contributed by atoms with Crippen molar-refractivity contribution in [2.24, 2.45) is 0 Å². The summed E-state index contributed by atoms with van der Waals surface area (Å²) in [5.74, 6) is 0. The summed E-state index contributed by atoms with van der Waals surface area (Å²) in [5, 5.41) is 2.56. The van der Waals surface area contributed by atoms with Gasteiger partial charge in [0, 0.05) is 3.57 Å². The summed E-state index contributed by atoms with van der Waals surface area (Å²) in [6.07, 6.45) is 0.608. The first-order valence-electron chi connectivity index (χ1n) is 5.99. The molecule has 0 fully saturated rings. The van der Waals surface area contributed by atoms with E-state index in [1.54, 1.807) is 20.8 Å². The minimum Gasteiger partial charge on any atom is -0.444 e. The van der Waals surface area contributed by atoms with Crippen molar-refractivity contribution in [1.82, 2.24) is 5.32 Å². The molecule has 104 valence electrons. The first kappa shape index (κ1) is 15.9. The van der Waals surface area contributed by atoms with Gasteiger partial charge in [0.25, 0.3) is 0 Å². The van der Waals surface area contributed by atoms with E-state index in [1.165, 1.54) is 0 Å². The van der Waals surface area contributed by atoms with Gasteiger partial charge in [0.05, 0.1) is 6.04 Å². The highest BCUT2D eigenvalue weighted by Gasteiger charge is 2.19. The Morgan fingerprint density at radius 2 is 1.95 bits per heavy atom. The van der Waals surface area contributed by atoms with Gasteiger partial charge in [0.15, 0.2) is 0 Å². The quantitative estimate of drug-likeness (QED) is 0.651. The molecule has 0 heterocycles. The summed E-state index contributed by atoms with van der Waals surface area (Å²) in [4.78, 5) is 22.6. The lowest BCUT2D eigenvalue weighted by molar-refractivity contribution is -0.109. The molecule has 0 radical (unpaired) electrons. The Morgan fingerprint density at radius 1 is 1.37 bits per heavy atom. The maximum Gasteiger partial charge on any atom is 0.408 e. The number of hydrogen-bond donors (Lipinski definition) is 1. The van der Waals surface area contributed by atoms with Gasteiger partial charge in [0.1, 0.15) is 11.9 Å². The van der Waals surface area contributed by atoms with E-state index in [0.29, 0.717) is 6.42 Å². The fourth-order valence-electron chi connectivity index (χ4n) is 1.47. The lowest BCUT2D eigenvalue weighted by Crippen LogP contribution is -2.41. The molecule has 0 unspecified atom stereocenters. The number of carbonyl (C=O) groups is 2. The first-order valence-corrected chi connectivity index (χ1v) is 7.07. The van der Waals surface area contributed by atoms with Gasteiger partial charge in [-0.15, -0.1) is 0 Å². The van der Waals surface area contributed by atoms with Crippen LogP contribution in [0.5, 0.6) is 0 Å². The first-order chi connectivity index (χ1) is 8.80. The second-order valence-corrected chi connectivity index (χ2v) is 6.47. The van der Waals surface area contributed by atoms with E-state index >= 15 is 0 Å². The van der Waals surface area contributed by atoms with Crippen molar-refractivity contribution in [3.05, 3.63) is 33.4 Å². The van der Waals surface area contributed by atoms with Gasteiger partial charge in [-0.2, -0.15) is 0 Å². The molecule has 5 heteroatoms. The minimum absolute atomic E-state index is 0.458. The third kappa shape index (κ3) is 6.56. The van der Waals surface area contributed by atoms with Crippen molar-refractivity contribution >= 4 is 35.0 Å². The lowest BCUT2D eigenvalue weighted by atomic mass is 10.1. The van der Waals surface area contributed by atoms with Gasteiger partial charge >= 0.3 is 6.09 Å². The number of benzene rings is 1. The topological polar surface area (TPSA) is 55.4 Å². The van der Waals surface area contributed by atoms with Crippen LogP contribution >= 0.6 is 22.6 Å². The van der Waals surface area contributed by atoms with Crippen LogP contribution in [0.1, 0.15) is 26.3 Å². The van der Waals surface area contributed by atoms with E-state index in [2.05, 4.69) is 27.9 Å². The van der Waals surface area contributed by atoms with Crippen LogP contribution < -0.4 is 5.32 Å². The third-order valence-electron chi connectivity index (χ3n) is 2.24. The zero-order valence-corrected chi connectivity index (χ0v) is 13.4. The molecule has 19 heavy (non-hydrogen) atoms. The lowest BCUT2D eigenvalue weighted by Gasteiger charge is -2.21. The molecule has 0 bridgehead atoms. The summed E-state index contributed by atoms with van der Waals surface area (Å²) >= 11 is 2.21. The Hall–Kier alpha value is -1.11. The average Bonchev–Trinajstić information content (AvgIpc) is 2.28. The predicted molar refractivity (Wildman–Crippen MR) is 82.1 cm³/mol. The van der Waals surface area contributed by atoms with Crippen molar-refractivity contribution in [1.29, 1.82) is 0 Å². The number of nitrogens with one attached hydrogen (secondary N) is 1. The molecule has 0 saturated heterocycles. The number of amides is 1. The molecular weight excluding hydrogens is 357 g/mol.